The van der Waals surface area contributed by atoms with E-state index in [-0.39, 0.29) is 17.0 Å². The number of fused-ring (bicyclic) bond motifs is 1. The van der Waals surface area contributed by atoms with Gasteiger partial charge in [0.2, 0.25) is 10.0 Å². The van der Waals surface area contributed by atoms with Crippen LogP contribution in [0.15, 0.2) is 32.3 Å². The number of nitrogens with one attached hydrogen (secondary N) is 2. The topological polar surface area (TPSA) is 105 Å². The van der Waals surface area contributed by atoms with Crippen LogP contribution in [-0.2, 0) is 16.4 Å². The lowest BCUT2D eigenvalue weighted by molar-refractivity contribution is 0.553. The van der Waals surface area contributed by atoms with Crippen LogP contribution in [0.25, 0.3) is 11.1 Å². The third kappa shape index (κ3) is 3.36. The number of hydrogen-bond acceptors (Lipinski definition) is 6. The van der Waals surface area contributed by atoms with Gasteiger partial charge < -0.3 is 4.42 Å². The highest BCUT2D eigenvalue weighted by atomic mass is 32.2. The molecule has 0 aliphatic heterocycles. The van der Waals surface area contributed by atoms with Gasteiger partial charge in [-0.1, -0.05) is 0 Å². The molecule has 0 saturated carbocycles. The lowest BCUT2D eigenvalue weighted by atomic mass is 10.3. The summed E-state index contributed by atoms with van der Waals surface area (Å²) in [6, 6.07) is 4.27. The molecule has 0 aliphatic carbocycles. The largest absolute Gasteiger partial charge is 0.417 e. The minimum absolute atomic E-state index is 0.0601. The maximum atomic E-state index is 12.3. The second kappa shape index (κ2) is 5.91. The van der Waals surface area contributed by atoms with Crippen molar-refractivity contribution < 1.29 is 12.8 Å². The molecule has 2 N–H and O–H groups in total. The number of aromatic nitrogens is 2. The van der Waals surface area contributed by atoms with Crippen molar-refractivity contribution in [3.05, 3.63) is 44.3 Å². The molecule has 0 radical (unpaired) electrons. The zero-order valence-corrected chi connectivity index (χ0v) is 14.2. The van der Waals surface area contributed by atoms with Crippen LogP contribution < -0.4 is 10.5 Å². The van der Waals surface area contributed by atoms with Crippen molar-refractivity contribution in [3.8, 4) is 0 Å². The average molecular weight is 353 g/mol. The fourth-order valence-electron chi connectivity index (χ4n) is 2.28. The molecule has 7 nitrogen and oxygen atoms in total. The molecular formula is C14H15N3O4S2. The lowest BCUT2D eigenvalue weighted by Gasteiger charge is -2.06. The maximum Gasteiger partial charge on any atom is 0.417 e. The van der Waals surface area contributed by atoms with E-state index in [9.17, 15) is 13.2 Å². The molecule has 1 aromatic carbocycles. The quantitative estimate of drug-likeness (QED) is 0.726. The van der Waals surface area contributed by atoms with Gasteiger partial charge in [-0.05, 0) is 32.4 Å². The van der Waals surface area contributed by atoms with Gasteiger partial charge in [0, 0.05) is 17.5 Å². The normalized spacial score (nSPS) is 12.1. The molecule has 2 heterocycles. The number of sulfonamides is 1. The van der Waals surface area contributed by atoms with Crippen molar-refractivity contribution in [2.24, 2.45) is 0 Å². The average Bonchev–Trinajstić information content (AvgIpc) is 2.99. The van der Waals surface area contributed by atoms with E-state index < -0.39 is 15.8 Å². The van der Waals surface area contributed by atoms with E-state index in [1.54, 1.807) is 11.3 Å². The number of oxazole rings is 1. The molecule has 122 valence electrons. The number of rotatable bonds is 5. The van der Waals surface area contributed by atoms with E-state index in [0.29, 0.717) is 11.9 Å². The highest BCUT2D eigenvalue weighted by Gasteiger charge is 2.16. The van der Waals surface area contributed by atoms with E-state index in [4.69, 9.17) is 4.42 Å². The minimum atomic E-state index is -3.66. The number of nitrogens with zero attached hydrogens (tertiary/aromatic N) is 1. The van der Waals surface area contributed by atoms with Crippen molar-refractivity contribution >= 4 is 32.5 Å². The van der Waals surface area contributed by atoms with E-state index in [0.717, 1.165) is 15.6 Å². The van der Waals surface area contributed by atoms with Crippen molar-refractivity contribution in [1.82, 2.24) is 14.7 Å². The number of benzene rings is 1. The molecule has 3 aromatic rings. The Morgan fingerprint density at radius 1 is 1.35 bits per heavy atom. The van der Waals surface area contributed by atoms with E-state index >= 15 is 0 Å². The minimum Gasteiger partial charge on any atom is -0.408 e. The van der Waals surface area contributed by atoms with Gasteiger partial charge in [0.1, 0.15) is 0 Å². The Hall–Kier alpha value is -1.97. The zero-order valence-electron chi connectivity index (χ0n) is 12.5. The summed E-state index contributed by atoms with van der Waals surface area (Å²) >= 11 is 1.57. The first-order valence-electron chi connectivity index (χ1n) is 6.90. The van der Waals surface area contributed by atoms with Crippen LogP contribution in [0, 0.1) is 13.8 Å². The summed E-state index contributed by atoms with van der Waals surface area (Å²) in [5.41, 5.74) is 1.61. The van der Waals surface area contributed by atoms with Crippen LogP contribution in [0.2, 0.25) is 0 Å². The Balaban J connectivity index is 1.74. The van der Waals surface area contributed by atoms with Crippen molar-refractivity contribution in [3.63, 3.8) is 0 Å². The monoisotopic (exact) mass is 353 g/mol. The molecule has 0 saturated heterocycles. The molecule has 0 fully saturated rings. The number of aromatic amines is 1. The SMILES string of the molecule is Cc1nc(C)c(CCNS(=O)(=O)c2ccc3[nH]c(=O)oc3c2)s1. The van der Waals surface area contributed by atoms with Gasteiger partial charge in [-0.2, -0.15) is 0 Å². The summed E-state index contributed by atoms with van der Waals surface area (Å²) in [7, 11) is -3.66. The Bertz CT molecular complexity index is 1010. The van der Waals surface area contributed by atoms with Crippen molar-refractivity contribution in [1.29, 1.82) is 0 Å². The second-order valence-electron chi connectivity index (χ2n) is 5.06. The first-order chi connectivity index (χ1) is 10.8. The fraction of sp³-hybridized carbons (Fsp3) is 0.286. The number of H-pyrrole nitrogens is 1. The van der Waals surface area contributed by atoms with Crippen molar-refractivity contribution in [2.45, 2.75) is 25.2 Å². The van der Waals surface area contributed by atoms with Gasteiger partial charge in [0.05, 0.1) is 21.1 Å². The summed E-state index contributed by atoms with van der Waals surface area (Å²) in [6.45, 7) is 4.11. The Morgan fingerprint density at radius 3 is 2.83 bits per heavy atom. The molecule has 0 atom stereocenters. The third-order valence-electron chi connectivity index (χ3n) is 3.35. The van der Waals surface area contributed by atoms with Crippen LogP contribution >= 0.6 is 11.3 Å². The van der Waals surface area contributed by atoms with Gasteiger partial charge in [0.25, 0.3) is 0 Å². The summed E-state index contributed by atoms with van der Waals surface area (Å²) in [5.74, 6) is -0.612. The van der Waals surface area contributed by atoms with Gasteiger partial charge in [-0.25, -0.2) is 22.9 Å². The summed E-state index contributed by atoms with van der Waals surface area (Å²) < 4.78 is 32.1. The van der Waals surface area contributed by atoms with Crippen LogP contribution in [0.1, 0.15) is 15.6 Å². The molecule has 2 aromatic heterocycles. The van der Waals surface area contributed by atoms with E-state index in [1.165, 1.54) is 18.2 Å². The molecule has 0 aliphatic rings. The van der Waals surface area contributed by atoms with Gasteiger partial charge in [-0.3, -0.25) is 4.98 Å². The van der Waals surface area contributed by atoms with Gasteiger partial charge in [-0.15, -0.1) is 11.3 Å². The molecular weight excluding hydrogens is 338 g/mol. The summed E-state index contributed by atoms with van der Waals surface area (Å²) in [6.07, 6.45) is 0.581. The summed E-state index contributed by atoms with van der Waals surface area (Å²) in [4.78, 5) is 19.0. The number of aryl methyl sites for hydroxylation is 2. The highest BCUT2D eigenvalue weighted by Crippen LogP contribution is 2.18. The molecule has 9 heteroatoms. The maximum absolute atomic E-state index is 12.3. The van der Waals surface area contributed by atoms with Crippen LogP contribution in [0.4, 0.5) is 0 Å². The fourth-order valence-corrected chi connectivity index (χ4v) is 4.26. The predicted octanol–water partition coefficient (Wildman–Crippen LogP) is 1.72. The first-order valence-corrected chi connectivity index (χ1v) is 9.20. The van der Waals surface area contributed by atoms with Gasteiger partial charge in [0.15, 0.2) is 5.58 Å². The molecule has 0 bridgehead atoms. The van der Waals surface area contributed by atoms with Crippen LogP contribution in [0.5, 0.6) is 0 Å². The van der Waals surface area contributed by atoms with E-state index in [2.05, 4.69) is 14.7 Å². The second-order valence-corrected chi connectivity index (χ2v) is 8.12. The summed E-state index contributed by atoms with van der Waals surface area (Å²) in [5, 5.41) is 0.966. The van der Waals surface area contributed by atoms with Crippen LogP contribution in [-0.4, -0.2) is 24.9 Å². The first kappa shape index (κ1) is 15.9. The Morgan fingerprint density at radius 2 is 2.13 bits per heavy atom. The number of hydrogen-bond donors (Lipinski definition) is 2. The Kier molecular flexibility index (Phi) is 4.09. The van der Waals surface area contributed by atoms with E-state index in [1.807, 2.05) is 13.8 Å². The molecule has 0 amide bonds. The molecule has 0 spiro atoms. The van der Waals surface area contributed by atoms with Crippen LogP contribution in [0.3, 0.4) is 0 Å². The molecule has 23 heavy (non-hydrogen) atoms. The number of thiazole rings is 1. The zero-order chi connectivity index (χ0) is 16.6. The molecule has 0 unspecified atom stereocenters. The Labute approximate surface area is 136 Å². The van der Waals surface area contributed by atoms with Crippen molar-refractivity contribution in [2.75, 3.05) is 6.54 Å². The molecule has 3 rings (SSSR count). The smallest absolute Gasteiger partial charge is 0.408 e. The predicted molar refractivity (Wildman–Crippen MR) is 87.3 cm³/mol. The standard InChI is InChI=1S/C14H15N3O4S2/c1-8-13(22-9(2)16-8)5-6-15-23(19,20)10-3-4-11-12(7-10)21-14(18)17-11/h3-4,7,15H,5-6H2,1-2H3,(H,17,18). The third-order valence-corrected chi connectivity index (χ3v) is 5.94. The highest BCUT2D eigenvalue weighted by molar-refractivity contribution is 7.89. The lowest BCUT2D eigenvalue weighted by Crippen LogP contribution is -2.25. The van der Waals surface area contributed by atoms with Gasteiger partial charge >= 0.3 is 5.76 Å².